The van der Waals surface area contributed by atoms with Crippen molar-refractivity contribution in [3.05, 3.63) is 64.7 Å². The predicted molar refractivity (Wildman–Crippen MR) is 109 cm³/mol. The molecule has 0 bridgehead atoms. The molecule has 0 aromatic heterocycles. The minimum absolute atomic E-state index is 0.195. The Bertz CT molecular complexity index is 847. The van der Waals surface area contributed by atoms with Gasteiger partial charge in [-0.05, 0) is 65.3 Å². The number of ether oxygens (including phenoxy) is 1. The van der Waals surface area contributed by atoms with E-state index in [4.69, 9.17) is 4.74 Å². The molecule has 0 atom stereocenters. The molecule has 2 aromatic rings. The lowest BCUT2D eigenvalue weighted by atomic mass is 9.77. The third-order valence-corrected chi connectivity index (χ3v) is 5.38. The monoisotopic (exact) mass is 349 g/mol. The number of methoxy groups -OCH3 is 1. The summed E-state index contributed by atoms with van der Waals surface area (Å²) in [6, 6.07) is 14.3. The normalized spacial score (nSPS) is 16.2. The Balaban J connectivity index is 1.91. The van der Waals surface area contributed by atoms with E-state index in [-0.39, 0.29) is 11.4 Å². The molecule has 0 radical (unpaired) electrons. The zero-order valence-electron chi connectivity index (χ0n) is 16.3. The lowest BCUT2D eigenvalue weighted by Gasteiger charge is -2.38. The van der Waals surface area contributed by atoms with Crippen LogP contribution >= 0.6 is 0 Å². The molecule has 3 nitrogen and oxygen atoms in total. The van der Waals surface area contributed by atoms with E-state index >= 15 is 0 Å². The Morgan fingerprint density at radius 3 is 2.42 bits per heavy atom. The molecule has 0 saturated heterocycles. The number of esters is 1. The lowest BCUT2D eigenvalue weighted by Crippen LogP contribution is -2.34. The molecular weight excluding hydrogens is 322 g/mol. The maximum atomic E-state index is 11.6. The molecule has 1 heterocycles. The molecule has 3 rings (SSSR count). The van der Waals surface area contributed by atoms with Crippen molar-refractivity contribution >= 4 is 23.3 Å². The minimum Gasteiger partial charge on any atom is -0.465 e. The molecule has 0 unspecified atom stereocenters. The first-order chi connectivity index (χ1) is 12.3. The van der Waals surface area contributed by atoms with Crippen molar-refractivity contribution in [1.82, 2.24) is 0 Å². The van der Waals surface area contributed by atoms with Gasteiger partial charge < -0.3 is 9.64 Å². The summed E-state index contributed by atoms with van der Waals surface area (Å²) in [5.74, 6) is -0.307. The zero-order valence-corrected chi connectivity index (χ0v) is 16.3. The fourth-order valence-electron chi connectivity index (χ4n) is 3.53. The molecule has 1 aliphatic heterocycles. The van der Waals surface area contributed by atoms with Gasteiger partial charge in [0.1, 0.15) is 0 Å². The van der Waals surface area contributed by atoms with Gasteiger partial charge in [-0.2, -0.15) is 0 Å². The first-order valence-electron chi connectivity index (χ1n) is 9.04. The highest BCUT2D eigenvalue weighted by molar-refractivity contribution is 5.90. The highest BCUT2D eigenvalue weighted by atomic mass is 16.5. The summed E-state index contributed by atoms with van der Waals surface area (Å²) in [4.78, 5) is 13.9. The molecule has 0 amide bonds. The van der Waals surface area contributed by atoms with Gasteiger partial charge in [0.05, 0.1) is 12.7 Å². The summed E-state index contributed by atoms with van der Waals surface area (Å²) >= 11 is 0. The minimum atomic E-state index is -0.307. The second kappa shape index (κ2) is 6.99. The van der Waals surface area contributed by atoms with Crippen LogP contribution in [0, 0.1) is 0 Å². The third-order valence-electron chi connectivity index (χ3n) is 5.38. The number of allylic oxidation sites excluding steroid dienone is 1. The summed E-state index contributed by atoms with van der Waals surface area (Å²) < 4.78 is 4.75. The first kappa shape index (κ1) is 18.2. The number of anilines is 1. The van der Waals surface area contributed by atoms with Crippen molar-refractivity contribution in [2.24, 2.45) is 0 Å². The molecule has 26 heavy (non-hydrogen) atoms. The zero-order chi connectivity index (χ0) is 18.9. The average molecular weight is 349 g/mol. The summed E-state index contributed by atoms with van der Waals surface area (Å²) in [5.41, 5.74) is 7.04. The van der Waals surface area contributed by atoms with E-state index in [0.717, 1.165) is 18.5 Å². The van der Waals surface area contributed by atoms with Crippen molar-refractivity contribution in [1.29, 1.82) is 0 Å². The van der Waals surface area contributed by atoms with E-state index < -0.39 is 0 Å². The second-order valence-corrected chi connectivity index (χ2v) is 7.73. The highest BCUT2D eigenvalue weighted by Gasteiger charge is 2.29. The van der Waals surface area contributed by atoms with Crippen molar-refractivity contribution < 1.29 is 9.53 Å². The Labute approximate surface area is 156 Å². The van der Waals surface area contributed by atoms with Crippen LogP contribution in [0.4, 0.5) is 5.69 Å². The number of hydrogen-bond donors (Lipinski definition) is 0. The molecule has 0 fully saturated rings. The van der Waals surface area contributed by atoms with E-state index in [1.807, 2.05) is 12.1 Å². The van der Waals surface area contributed by atoms with Gasteiger partial charge in [0.25, 0.3) is 0 Å². The van der Waals surface area contributed by atoms with Crippen LogP contribution in [-0.4, -0.2) is 26.7 Å². The Hall–Kier alpha value is -2.55. The smallest absolute Gasteiger partial charge is 0.337 e. The van der Waals surface area contributed by atoms with Gasteiger partial charge in [-0.25, -0.2) is 4.79 Å². The molecule has 2 aromatic carbocycles. The van der Waals surface area contributed by atoms with Crippen molar-refractivity contribution in [2.75, 3.05) is 25.6 Å². The standard InChI is InChI=1S/C23H27NO2/c1-16(14-17-6-8-18(9-7-17)22(25)26-5)19-10-11-21-20(15-19)23(2,3)12-13-24(21)4/h6-11,14-15H,12-13H2,1-5H3/b16-14+. The van der Waals surface area contributed by atoms with Crippen LogP contribution in [0.1, 0.15) is 54.2 Å². The molecule has 0 saturated carbocycles. The van der Waals surface area contributed by atoms with Crippen LogP contribution in [0.5, 0.6) is 0 Å². The van der Waals surface area contributed by atoms with E-state index in [1.54, 1.807) is 12.1 Å². The van der Waals surface area contributed by atoms with Gasteiger partial charge in [0.15, 0.2) is 0 Å². The molecule has 1 aliphatic rings. The topological polar surface area (TPSA) is 29.5 Å². The van der Waals surface area contributed by atoms with Crippen molar-refractivity contribution in [3.63, 3.8) is 0 Å². The Morgan fingerprint density at radius 2 is 1.77 bits per heavy atom. The van der Waals surface area contributed by atoms with Crippen LogP contribution < -0.4 is 4.90 Å². The SMILES string of the molecule is COC(=O)c1ccc(/C=C(\C)c2ccc3c(c2)C(C)(C)CCN3C)cc1. The number of carbonyl (C=O) groups is 1. The number of hydrogen-bond acceptors (Lipinski definition) is 3. The maximum Gasteiger partial charge on any atom is 0.337 e. The van der Waals surface area contributed by atoms with Gasteiger partial charge >= 0.3 is 5.97 Å². The molecule has 0 aliphatic carbocycles. The summed E-state index contributed by atoms with van der Waals surface area (Å²) in [5, 5.41) is 0. The van der Waals surface area contributed by atoms with Crippen LogP contribution in [0.25, 0.3) is 11.6 Å². The van der Waals surface area contributed by atoms with Crippen molar-refractivity contribution in [3.8, 4) is 0 Å². The van der Waals surface area contributed by atoms with Gasteiger partial charge in [0.2, 0.25) is 0 Å². The van der Waals surface area contributed by atoms with Crippen LogP contribution in [0.2, 0.25) is 0 Å². The molecule has 3 heteroatoms. The van der Waals surface area contributed by atoms with Crippen LogP contribution in [0.3, 0.4) is 0 Å². The van der Waals surface area contributed by atoms with Gasteiger partial charge in [0, 0.05) is 19.3 Å². The van der Waals surface area contributed by atoms with Crippen LogP contribution in [-0.2, 0) is 10.2 Å². The average Bonchev–Trinajstić information content (AvgIpc) is 2.64. The fourth-order valence-corrected chi connectivity index (χ4v) is 3.53. The maximum absolute atomic E-state index is 11.6. The van der Waals surface area contributed by atoms with Gasteiger partial charge in [-0.15, -0.1) is 0 Å². The Morgan fingerprint density at radius 1 is 1.12 bits per heavy atom. The molecular formula is C23H27NO2. The first-order valence-corrected chi connectivity index (χ1v) is 9.04. The number of benzene rings is 2. The quantitative estimate of drug-likeness (QED) is 0.567. The predicted octanol–water partition coefficient (Wildman–Crippen LogP) is 5.15. The van der Waals surface area contributed by atoms with E-state index in [0.29, 0.717) is 5.56 Å². The second-order valence-electron chi connectivity index (χ2n) is 7.73. The van der Waals surface area contributed by atoms with E-state index in [2.05, 4.69) is 57.0 Å². The number of nitrogens with zero attached hydrogens (tertiary/aromatic N) is 1. The summed E-state index contributed by atoms with van der Waals surface area (Å²) in [7, 11) is 3.56. The fraction of sp³-hybridized carbons (Fsp3) is 0.348. The summed E-state index contributed by atoms with van der Waals surface area (Å²) in [6.45, 7) is 7.89. The van der Waals surface area contributed by atoms with E-state index in [9.17, 15) is 4.79 Å². The molecule has 0 spiro atoms. The van der Waals surface area contributed by atoms with Crippen molar-refractivity contribution in [2.45, 2.75) is 32.6 Å². The Kier molecular flexibility index (Phi) is 4.90. The lowest BCUT2D eigenvalue weighted by molar-refractivity contribution is 0.0600. The largest absolute Gasteiger partial charge is 0.465 e. The number of rotatable bonds is 3. The third kappa shape index (κ3) is 3.52. The van der Waals surface area contributed by atoms with Gasteiger partial charge in [-0.3, -0.25) is 0 Å². The highest BCUT2D eigenvalue weighted by Crippen LogP contribution is 2.40. The summed E-state index contributed by atoms with van der Waals surface area (Å²) in [6.07, 6.45) is 3.32. The number of fused-ring (bicyclic) bond motifs is 1. The number of carbonyl (C=O) groups excluding carboxylic acids is 1. The molecule has 136 valence electrons. The van der Waals surface area contributed by atoms with Gasteiger partial charge in [-0.1, -0.05) is 38.1 Å². The molecule has 0 N–H and O–H groups in total. The van der Waals surface area contributed by atoms with Crippen LogP contribution in [0.15, 0.2) is 42.5 Å². The van der Waals surface area contributed by atoms with E-state index in [1.165, 1.54) is 29.5 Å².